The Labute approximate surface area is 158 Å². The number of benzene rings is 1. The van der Waals surface area contributed by atoms with E-state index in [1.165, 1.54) is 0 Å². The molecule has 1 atom stereocenters. The van der Waals surface area contributed by atoms with Gasteiger partial charge in [0.05, 0.1) is 12.5 Å². The third kappa shape index (κ3) is 3.34. The molecule has 2 aromatic rings. The molecule has 1 unspecified atom stereocenters. The van der Waals surface area contributed by atoms with Crippen LogP contribution in [0, 0.1) is 19.8 Å². The van der Waals surface area contributed by atoms with Crippen LogP contribution in [0.3, 0.4) is 0 Å². The summed E-state index contributed by atoms with van der Waals surface area (Å²) >= 11 is 0. The lowest BCUT2D eigenvalue weighted by atomic mass is 10.1. The Kier molecular flexibility index (Phi) is 4.68. The Bertz CT molecular complexity index is 888. The van der Waals surface area contributed by atoms with Crippen LogP contribution in [0.15, 0.2) is 18.2 Å². The molecule has 7 heteroatoms. The van der Waals surface area contributed by atoms with Gasteiger partial charge in [-0.05, 0) is 43.9 Å². The summed E-state index contributed by atoms with van der Waals surface area (Å²) in [7, 11) is 0. The van der Waals surface area contributed by atoms with Crippen molar-refractivity contribution >= 4 is 17.5 Å². The quantitative estimate of drug-likeness (QED) is 0.895. The summed E-state index contributed by atoms with van der Waals surface area (Å²) < 4.78 is 2.10. The zero-order chi connectivity index (χ0) is 19.0. The number of fused-ring (bicyclic) bond motifs is 1. The van der Waals surface area contributed by atoms with E-state index >= 15 is 0 Å². The maximum Gasteiger partial charge on any atom is 0.227 e. The average Bonchev–Trinajstić information content (AvgIpc) is 3.26. The minimum atomic E-state index is -0.332. The van der Waals surface area contributed by atoms with Gasteiger partial charge in [-0.25, -0.2) is 0 Å². The first-order chi connectivity index (χ1) is 13.0. The summed E-state index contributed by atoms with van der Waals surface area (Å²) in [4.78, 5) is 26.9. The minimum absolute atomic E-state index is 0.00343. The summed E-state index contributed by atoms with van der Waals surface area (Å²) in [5.74, 6) is 1.38. The Morgan fingerprint density at radius 1 is 1.26 bits per heavy atom. The van der Waals surface area contributed by atoms with Crippen LogP contribution in [0.4, 0.5) is 5.69 Å². The number of amides is 2. The van der Waals surface area contributed by atoms with Gasteiger partial charge in [0.25, 0.3) is 0 Å². The number of anilines is 1. The monoisotopic (exact) mass is 367 g/mol. The second kappa shape index (κ2) is 7.13. The second-order valence-electron chi connectivity index (χ2n) is 7.48. The molecule has 4 rings (SSSR count). The van der Waals surface area contributed by atoms with Gasteiger partial charge in [0.1, 0.15) is 5.82 Å². The van der Waals surface area contributed by atoms with Gasteiger partial charge in [0.2, 0.25) is 11.8 Å². The number of nitrogens with one attached hydrogen (secondary N) is 1. The molecule has 0 radical (unpaired) electrons. The van der Waals surface area contributed by atoms with Crippen LogP contribution >= 0.6 is 0 Å². The third-order valence-corrected chi connectivity index (χ3v) is 5.72. The summed E-state index contributed by atoms with van der Waals surface area (Å²) in [6, 6.07) is 5.93. The Hall–Kier alpha value is -2.70. The maximum absolute atomic E-state index is 12.6. The van der Waals surface area contributed by atoms with Gasteiger partial charge >= 0.3 is 0 Å². The maximum atomic E-state index is 12.6. The Balaban J connectivity index is 1.41. The number of hydrogen-bond donors (Lipinski definition) is 1. The molecule has 0 bridgehead atoms. The summed E-state index contributed by atoms with van der Waals surface area (Å²) in [5, 5.41) is 11.4. The number of hydrogen-bond acceptors (Lipinski definition) is 4. The van der Waals surface area contributed by atoms with Gasteiger partial charge in [-0.3, -0.25) is 9.59 Å². The summed E-state index contributed by atoms with van der Waals surface area (Å²) in [6.45, 7) is 5.74. The normalized spacial score (nSPS) is 19.3. The van der Waals surface area contributed by atoms with Crippen molar-refractivity contribution in [3.8, 4) is 0 Å². The molecule has 2 aliphatic rings. The van der Waals surface area contributed by atoms with Gasteiger partial charge in [-0.15, -0.1) is 10.2 Å². The summed E-state index contributed by atoms with van der Waals surface area (Å²) in [5.41, 5.74) is 3.13. The zero-order valence-corrected chi connectivity index (χ0v) is 15.9. The molecule has 0 spiro atoms. The van der Waals surface area contributed by atoms with E-state index in [2.05, 4.69) is 20.1 Å². The first-order valence-electron chi connectivity index (χ1n) is 9.60. The van der Waals surface area contributed by atoms with Gasteiger partial charge in [-0.2, -0.15) is 0 Å². The van der Waals surface area contributed by atoms with Crippen molar-refractivity contribution in [3.63, 3.8) is 0 Å². The number of aryl methyl sites for hydroxylation is 2. The fourth-order valence-corrected chi connectivity index (χ4v) is 3.95. The van der Waals surface area contributed by atoms with E-state index in [9.17, 15) is 9.59 Å². The van der Waals surface area contributed by atoms with E-state index in [4.69, 9.17) is 0 Å². The number of rotatable bonds is 4. The zero-order valence-electron chi connectivity index (χ0n) is 15.9. The van der Waals surface area contributed by atoms with Crippen molar-refractivity contribution < 1.29 is 9.59 Å². The van der Waals surface area contributed by atoms with E-state index in [1.807, 2.05) is 32.0 Å². The van der Waals surface area contributed by atoms with Crippen LogP contribution in [0.25, 0.3) is 0 Å². The lowest BCUT2D eigenvalue weighted by Gasteiger charge is -2.20. The van der Waals surface area contributed by atoms with E-state index in [0.29, 0.717) is 13.1 Å². The van der Waals surface area contributed by atoms with Crippen LogP contribution in [-0.2, 0) is 29.1 Å². The minimum Gasteiger partial charge on any atom is -0.348 e. The van der Waals surface area contributed by atoms with Gasteiger partial charge in [0, 0.05) is 31.6 Å². The van der Waals surface area contributed by atoms with Crippen molar-refractivity contribution in [2.45, 2.75) is 52.6 Å². The number of carbonyl (C=O) groups is 2. The Morgan fingerprint density at radius 3 is 2.96 bits per heavy atom. The topological polar surface area (TPSA) is 80.1 Å². The first-order valence-corrected chi connectivity index (χ1v) is 9.60. The molecule has 1 saturated heterocycles. The second-order valence-corrected chi connectivity index (χ2v) is 7.48. The lowest BCUT2D eigenvalue weighted by Crippen LogP contribution is -2.33. The molecule has 142 valence electrons. The molecule has 1 N–H and O–H groups in total. The molecule has 1 aromatic heterocycles. The molecule has 1 fully saturated rings. The van der Waals surface area contributed by atoms with Crippen molar-refractivity contribution in [3.05, 3.63) is 41.0 Å². The molecule has 3 heterocycles. The Morgan fingerprint density at radius 2 is 2.11 bits per heavy atom. The van der Waals surface area contributed by atoms with Crippen LogP contribution < -0.4 is 10.2 Å². The predicted molar refractivity (Wildman–Crippen MR) is 101 cm³/mol. The molecular weight excluding hydrogens is 342 g/mol. The lowest BCUT2D eigenvalue weighted by molar-refractivity contribution is -0.126. The van der Waals surface area contributed by atoms with Crippen molar-refractivity contribution in [2.24, 2.45) is 5.92 Å². The fraction of sp³-hybridized carbons (Fsp3) is 0.500. The highest BCUT2D eigenvalue weighted by Crippen LogP contribution is 2.29. The van der Waals surface area contributed by atoms with E-state index < -0.39 is 0 Å². The SMILES string of the molecule is Cc1cccc(N2CC(C(=O)NCc3nnc4n3CCCC4)CC2=O)c1C. The molecule has 1 aromatic carbocycles. The highest BCUT2D eigenvalue weighted by molar-refractivity contribution is 6.00. The van der Waals surface area contributed by atoms with Gasteiger partial charge in [0.15, 0.2) is 5.82 Å². The summed E-state index contributed by atoms with van der Waals surface area (Å²) in [6.07, 6.45) is 3.46. The molecule has 2 aliphatic heterocycles. The standard InChI is InChI=1S/C20H25N5O2/c1-13-6-5-7-16(14(13)2)25-12-15(10-19(25)26)20(27)21-11-18-23-22-17-8-3-4-9-24(17)18/h5-7,15H,3-4,8-12H2,1-2H3,(H,21,27). The molecule has 7 nitrogen and oxygen atoms in total. The molecular formula is C20H25N5O2. The van der Waals surface area contributed by atoms with E-state index in [0.717, 1.165) is 54.3 Å². The third-order valence-electron chi connectivity index (χ3n) is 5.72. The highest BCUT2D eigenvalue weighted by Gasteiger charge is 2.35. The molecule has 27 heavy (non-hydrogen) atoms. The number of nitrogens with zero attached hydrogens (tertiary/aromatic N) is 4. The average molecular weight is 367 g/mol. The first kappa shape index (κ1) is 17.7. The van der Waals surface area contributed by atoms with E-state index in [-0.39, 0.29) is 24.2 Å². The predicted octanol–water partition coefficient (Wildman–Crippen LogP) is 1.90. The fourth-order valence-electron chi connectivity index (χ4n) is 3.95. The number of aromatic nitrogens is 3. The molecule has 2 amide bonds. The number of carbonyl (C=O) groups excluding carboxylic acids is 2. The van der Waals surface area contributed by atoms with Crippen molar-refractivity contribution in [1.29, 1.82) is 0 Å². The van der Waals surface area contributed by atoms with Crippen molar-refractivity contribution in [1.82, 2.24) is 20.1 Å². The van der Waals surface area contributed by atoms with Crippen LogP contribution in [-0.4, -0.2) is 33.1 Å². The molecule has 0 aliphatic carbocycles. The molecule has 0 saturated carbocycles. The van der Waals surface area contributed by atoms with Crippen molar-refractivity contribution in [2.75, 3.05) is 11.4 Å². The van der Waals surface area contributed by atoms with E-state index in [1.54, 1.807) is 4.90 Å². The highest BCUT2D eigenvalue weighted by atomic mass is 16.2. The van der Waals surface area contributed by atoms with Crippen LogP contribution in [0.5, 0.6) is 0 Å². The largest absolute Gasteiger partial charge is 0.348 e. The van der Waals surface area contributed by atoms with Gasteiger partial charge < -0.3 is 14.8 Å². The van der Waals surface area contributed by atoms with Gasteiger partial charge in [-0.1, -0.05) is 12.1 Å². The van der Waals surface area contributed by atoms with Crippen LogP contribution in [0.2, 0.25) is 0 Å². The smallest absolute Gasteiger partial charge is 0.227 e. The van der Waals surface area contributed by atoms with Crippen LogP contribution in [0.1, 0.15) is 42.0 Å².